The smallest absolute Gasteiger partial charge is 0.236 e. The number of halogens is 1. The van der Waals surface area contributed by atoms with E-state index in [1.807, 2.05) is 4.90 Å². The second-order valence-corrected chi connectivity index (χ2v) is 7.88. The molecule has 1 amide bonds. The summed E-state index contributed by atoms with van der Waals surface area (Å²) in [6, 6.07) is 0. The van der Waals surface area contributed by atoms with E-state index in [0.29, 0.717) is 19.6 Å². The van der Waals surface area contributed by atoms with Crippen molar-refractivity contribution in [3.05, 3.63) is 0 Å². The lowest BCUT2D eigenvalue weighted by Crippen LogP contribution is -2.46. The van der Waals surface area contributed by atoms with Crippen molar-refractivity contribution in [2.45, 2.75) is 25.7 Å². The number of amides is 1. The Morgan fingerprint density at radius 1 is 1.19 bits per heavy atom. The molecule has 0 radical (unpaired) electrons. The van der Waals surface area contributed by atoms with E-state index in [2.05, 4.69) is 10.0 Å². The van der Waals surface area contributed by atoms with Crippen molar-refractivity contribution in [2.24, 2.45) is 11.8 Å². The molecule has 1 heterocycles. The van der Waals surface area contributed by atoms with Gasteiger partial charge in [-0.3, -0.25) is 4.79 Å². The number of nitrogens with one attached hydrogen (secondary N) is 2. The third-order valence-electron chi connectivity index (χ3n) is 3.91. The van der Waals surface area contributed by atoms with Gasteiger partial charge in [0.1, 0.15) is 0 Å². The minimum atomic E-state index is -3.14. The highest BCUT2D eigenvalue weighted by atomic mass is 35.5. The minimum absolute atomic E-state index is 0. The number of carbonyl (C=O) groups excluding carboxylic acids is 1. The van der Waals surface area contributed by atoms with E-state index < -0.39 is 10.0 Å². The summed E-state index contributed by atoms with van der Waals surface area (Å²) in [7, 11) is -3.14. The molecule has 6 nitrogen and oxygen atoms in total. The van der Waals surface area contributed by atoms with Gasteiger partial charge in [-0.15, -0.1) is 12.4 Å². The van der Waals surface area contributed by atoms with Gasteiger partial charge in [0.25, 0.3) is 0 Å². The van der Waals surface area contributed by atoms with E-state index in [0.717, 1.165) is 31.8 Å². The van der Waals surface area contributed by atoms with Crippen LogP contribution in [0.4, 0.5) is 0 Å². The summed E-state index contributed by atoms with van der Waals surface area (Å²) >= 11 is 0. The van der Waals surface area contributed by atoms with Crippen molar-refractivity contribution in [1.29, 1.82) is 0 Å². The highest BCUT2D eigenvalue weighted by Crippen LogP contribution is 2.27. The zero-order chi connectivity index (χ0) is 14.6. The van der Waals surface area contributed by atoms with Crippen LogP contribution in [0, 0.1) is 11.8 Å². The Morgan fingerprint density at radius 2 is 1.90 bits per heavy atom. The molecule has 8 heteroatoms. The Labute approximate surface area is 133 Å². The Hall–Kier alpha value is -0.370. The second-order valence-electron chi connectivity index (χ2n) is 6.04. The molecule has 2 aliphatic rings. The van der Waals surface area contributed by atoms with E-state index in [4.69, 9.17) is 0 Å². The quantitative estimate of drug-likeness (QED) is 0.694. The number of nitrogens with zero attached hydrogens (tertiary/aromatic N) is 1. The van der Waals surface area contributed by atoms with Crippen LogP contribution in [0.15, 0.2) is 0 Å². The largest absolute Gasteiger partial charge is 0.341 e. The topological polar surface area (TPSA) is 78.5 Å². The molecule has 2 N–H and O–H groups in total. The molecule has 0 bridgehead atoms. The fourth-order valence-electron chi connectivity index (χ4n) is 2.54. The number of rotatable bonds is 7. The van der Waals surface area contributed by atoms with E-state index in [1.165, 1.54) is 19.1 Å². The Morgan fingerprint density at radius 3 is 2.52 bits per heavy atom. The number of carbonyl (C=O) groups is 1. The third-order valence-corrected chi connectivity index (χ3v) is 4.60. The molecule has 1 aliphatic heterocycles. The van der Waals surface area contributed by atoms with Crippen LogP contribution in [-0.4, -0.2) is 58.2 Å². The number of hydrogen-bond acceptors (Lipinski definition) is 4. The van der Waals surface area contributed by atoms with Crippen molar-refractivity contribution in [3.8, 4) is 0 Å². The molecule has 2 rings (SSSR count). The summed E-state index contributed by atoms with van der Waals surface area (Å²) in [6.45, 7) is 3.23. The van der Waals surface area contributed by atoms with Crippen LogP contribution in [0.1, 0.15) is 25.7 Å². The van der Waals surface area contributed by atoms with Crippen LogP contribution in [0.5, 0.6) is 0 Å². The average Bonchev–Trinajstić information content (AvgIpc) is 3.20. The maximum absolute atomic E-state index is 12.1. The predicted molar refractivity (Wildman–Crippen MR) is 85.0 cm³/mol. The Bertz CT molecular complexity index is 440. The molecule has 1 aliphatic carbocycles. The SMILES string of the molecule is CS(=O)(=O)NCC1CCCN(C(=O)CNCC2CC2)C1.Cl. The summed E-state index contributed by atoms with van der Waals surface area (Å²) < 4.78 is 24.7. The molecule has 0 spiro atoms. The van der Waals surface area contributed by atoms with Gasteiger partial charge in [0, 0.05) is 19.6 Å². The maximum Gasteiger partial charge on any atom is 0.236 e. The van der Waals surface area contributed by atoms with E-state index in [-0.39, 0.29) is 24.2 Å². The van der Waals surface area contributed by atoms with Gasteiger partial charge in [0.15, 0.2) is 0 Å². The van der Waals surface area contributed by atoms with Gasteiger partial charge in [-0.25, -0.2) is 13.1 Å². The zero-order valence-corrected chi connectivity index (χ0v) is 14.1. The standard InChI is InChI=1S/C13H25N3O3S.ClH/c1-20(18,19)15-8-12-3-2-6-16(10-12)13(17)9-14-7-11-4-5-11;/h11-12,14-15H,2-10H2,1H3;1H. The second kappa shape index (κ2) is 8.31. The van der Waals surface area contributed by atoms with E-state index in [1.54, 1.807) is 0 Å². The molecule has 1 saturated carbocycles. The highest BCUT2D eigenvalue weighted by Gasteiger charge is 2.25. The lowest BCUT2D eigenvalue weighted by Gasteiger charge is -2.33. The average molecular weight is 340 g/mol. The van der Waals surface area contributed by atoms with Gasteiger partial charge >= 0.3 is 0 Å². The van der Waals surface area contributed by atoms with Crippen molar-refractivity contribution in [1.82, 2.24) is 14.9 Å². The van der Waals surface area contributed by atoms with Crippen LogP contribution < -0.4 is 10.0 Å². The third kappa shape index (κ3) is 7.44. The van der Waals surface area contributed by atoms with Crippen molar-refractivity contribution in [3.63, 3.8) is 0 Å². The first kappa shape index (κ1) is 18.7. The first-order chi connectivity index (χ1) is 9.44. The predicted octanol–water partition coefficient (Wildman–Crippen LogP) is 0.196. The molecular weight excluding hydrogens is 314 g/mol. The number of sulfonamides is 1. The summed E-state index contributed by atoms with van der Waals surface area (Å²) in [5.74, 6) is 1.14. The maximum atomic E-state index is 12.1. The van der Waals surface area contributed by atoms with Crippen LogP contribution in [0.2, 0.25) is 0 Å². The van der Waals surface area contributed by atoms with Crippen LogP contribution in [0.25, 0.3) is 0 Å². The number of hydrogen-bond donors (Lipinski definition) is 2. The van der Waals surface area contributed by atoms with Crippen LogP contribution >= 0.6 is 12.4 Å². The van der Waals surface area contributed by atoms with Crippen molar-refractivity contribution < 1.29 is 13.2 Å². The summed E-state index contributed by atoms with van der Waals surface area (Å²) in [5.41, 5.74) is 0. The summed E-state index contributed by atoms with van der Waals surface area (Å²) in [5, 5.41) is 3.21. The monoisotopic (exact) mass is 339 g/mol. The number of piperidine rings is 1. The highest BCUT2D eigenvalue weighted by molar-refractivity contribution is 7.88. The molecular formula is C13H26ClN3O3S. The van der Waals surface area contributed by atoms with E-state index >= 15 is 0 Å². The molecule has 0 aromatic rings. The zero-order valence-electron chi connectivity index (χ0n) is 12.5. The molecule has 2 fully saturated rings. The van der Waals surface area contributed by atoms with Gasteiger partial charge in [0.2, 0.25) is 15.9 Å². The van der Waals surface area contributed by atoms with Gasteiger partial charge < -0.3 is 10.2 Å². The molecule has 1 atom stereocenters. The van der Waals surface area contributed by atoms with Crippen LogP contribution in [-0.2, 0) is 14.8 Å². The molecule has 1 unspecified atom stereocenters. The first-order valence-corrected chi connectivity index (χ1v) is 9.26. The number of likely N-dealkylation sites (tertiary alicyclic amines) is 1. The Kier molecular flexibility index (Phi) is 7.39. The van der Waals surface area contributed by atoms with Crippen LogP contribution in [0.3, 0.4) is 0 Å². The minimum Gasteiger partial charge on any atom is -0.341 e. The molecule has 0 aromatic carbocycles. The van der Waals surface area contributed by atoms with Gasteiger partial charge in [0.05, 0.1) is 12.8 Å². The van der Waals surface area contributed by atoms with Crippen molar-refractivity contribution >= 4 is 28.3 Å². The fraction of sp³-hybridized carbons (Fsp3) is 0.923. The van der Waals surface area contributed by atoms with Gasteiger partial charge in [-0.1, -0.05) is 0 Å². The summed E-state index contributed by atoms with van der Waals surface area (Å²) in [4.78, 5) is 13.9. The lowest BCUT2D eigenvalue weighted by atomic mass is 9.98. The molecule has 21 heavy (non-hydrogen) atoms. The fourth-order valence-corrected chi connectivity index (χ4v) is 3.08. The lowest BCUT2D eigenvalue weighted by molar-refractivity contribution is -0.131. The molecule has 0 aromatic heterocycles. The normalized spacial score (nSPS) is 22.7. The van der Waals surface area contributed by atoms with Crippen molar-refractivity contribution in [2.75, 3.05) is 39.0 Å². The van der Waals surface area contributed by atoms with E-state index in [9.17, 15) is 13.2 Å². The molecule has 1 saturated heterocycles. The van der Waals surface area contributed by atoms with Gasteiger partial charge in [-0.05, 0) is 44.1 Å². The Balaban J connectivity index is 0.00000220. The summed E-state index contributed by atoms with van der Waals surface area (Å²) in [6.07, 6.45) is 5.65. The molecule has 124 valence electrons. The first-order valence-electron chi connectivity index (χ1n) is 7.37. The van der Waals surface area contributed by atoms with Gasteiger partial charge in [-0.2, -0.15) is 0 Å².